The van der Waals surface area contributed by atoms with Crippen molar-refractivity contribution in [1.29, 1.82) is 0 Å². The molecule has 1 fully saturated rings. The highest BCUT2D eigenvalue weighted by Gasteiger charge is 2.33. The van der Waals surface area contributed by atoms with E-state index in [4.69, 9.17) is 15.2 Å². The van der Waals surface area contributed by atoms with Crippen LogP contribution in [0.15, 0.2) is 42.5 Å². The van der Waals surface area contributed by atoms with Gasteiger partial charge in [0, 0.05) is 30.2 Å². The summed E-state index contributed by atoms with van der Waals surface area (Å²) in [5.41, 5.74) is 7.39. The van der Waals surface area contributed by atoms with E-state index in [1.54, 1.807) is 38.5 Å². The predicted molar refractivity (Wildman–Crippen MR) is 106 cm³/mol. The number of anilines is 1. The van der Waals surface area contributed by atoms with Crippen LogP contribution in [0.3, 0.4) is 0 Å². The lowest BCUT2D eigenvalue weighted by atomic mass is 10.0. The Morgan fingerprint density at radius 2 is 1.89 bits per heavy atom. The lowest BCUT2D eigenvalue weighted by molar-refractivity contribution is -0.910. The third-order valence-corrected chi connectivity index (χ3v) is 5.14. The van der Waals surface area contributed by atoms with Gasteiger partial charge in [0.05, 0.1) is 26.3 Å². The smallest absolute Gasteiger partial charge is 0.279 e. The zero-order chi connectivity index (χ0) is 20.1. The molecule has 1 aliphatic rings. The van der Waals surface area contributed by atoms with Gasteiger partial charge in [0.2, 0.25) is 5.91 Å². The summed E-state index contributed by atoms with van der Waals surface area (Å²) >= 11 is 0. The fourth-order valence-corrected chi connectivity index (χ4v) is 3.73. The number of carbonyl (C=O) groups excluding carboxylic acids is 2. The number of rotatable bonds is 7. The second-order valence-corrected chi connectivity index (χ2v) is 6.88. The molecule has 0 aromatic heterocycles. The maximum atomic E-state index is 12.5. The third kappa shape index (κ3) is 4.43. The quantitative estimate of drug-likeness (QED) is 0.668. The lowest BCUT2D eigenvalue weighted by Gasteiger charge is -2.23. The number of hydrogen-bond donors (Lipinski definition) is 3. The molecule has 2 aromatic rings. The molecule has 0 bridgehead atoms. The number of amides is 2. The van der Waals surface area contributed by atoms with Gasteiger partial charge in [0.1, 0.15) is 17.5 Å². The summed E-state index contributed by atoms with van der Waals surface area (Å²) in [4.78, 5) is 24.9. The van der Waals surface area contributed by atoms with E-state index in [0.29, 0.717) is 17.8 Å². The van der Waals surface area contributed by atoms with Crippen molar-refractivity contribution < 1.29 is 24.0 Å². The van der Waals surface area contributed by atoms with Gasteiger partial charge in [-0.25, -0.2) is 0 Å². The minimum absolute atomic E-state index is 0.0683. The van der Waals surface area contributed by atoms with E-state index in [-0.39, 0.29) is 11.9 Å². The third-order valence-electron chi connectivity index (χ3n) is 5.14. The number of methoxy groups -OCH3 is 2. The second-order valence-electron chi connectivity index (χ2n) is 6.88. The van der Waals surface area contributed by atoms with Crippen molar-refractivity contribution in [1.82, 2.24) is 0 Å². The first-order valence-electron chi connectivity index (χ1n) is 9.28. The topological polar surface area (TPSA) is 95.1 Å². The summed E-state index contributed by atoms with van der Waals surface area (Å²) < 4.78 is 10.8. The van der Waals surface area contributed by atoms with Gasteiger partial charge in [-0.05, 0) is 36.4 Å². The maximum Gasteiger partial charge on any atom is 0.279 e. The molecular formula is C21H26N3O4+. The molecule has 28 heavy (non-hydrogen) atoms. The molecule has 3 rings (SSSR count). The Labute approximate surface area is 164 Å². The molecular weight excluding hydrogens is 358 g/mol. The number of benzene rings is 2. The molecule has 0 saturated carbocycles. The summed E-state index contributed by atoms with van der Waals surface area (Å²) in [7, 11) is 3.28. The van der Waals surface area contributed by atoms with Crippen LogP contribution in [0.2, 0.25) is 0 Å². The molecule has 2 amide bonds. The van der Waals surface area contributed by atoms with E-state index in [1.807, 2.05) is 18.2 Å². The standard InChI is InChI=1S/C21H25N3O4/c1-27-16-9-10-17(19(12-16)28-2)18-4-3-11-24(18)13-20(25)23-15-7-5-14(6-8-15)21(22)26/h5-10,12,18H,3-4,11,13H2,1-2H3,(H2,22,26)(H,23,25)/p+1/t18-/m1/s1. The van der Waals surface area contributed by atoms with Gasteiger partial charge < -0.3 is 25.4 Å². The van der Waals surface area contributed by atoms with Crippen LogP contribution >= 0.6 is 0 Å². The largest absolute Gasteiger partial charge is 0.497 e. The number of hydrogen-bond acceptors (Lipinski definition) is 4. The van der Waals surface area contributed by atoms with E-state index in [9.17, 15) is 9.59 Å². The van der Waals surface area contributed by atoms with Crippen molar-refractivity contribution >= 4 is 17.5 Å². The van der Waals surface area contributed by atoms with Crippen LogP contribution in [0.4, 0.5) is 5.69 Å². The van der Waals surface area contributed by atoms with E-state index in [1.165, 1.54) is 4.90 Å². The van der Waals surface area contributed by atoms with Gasteiger partial charge in [-0.2, -0.15) is 0 Å². The van der Waals surface area contributed by atoms with Gasteiger partial charge in [-0.1, -0.05) is 0 Å². The van der Waals surface area contributed by atoms with Crippen LogP contribution in [0.1, 0.15) is 34.8 Å². The summed E-state index contributed by atoms with van der Waals surface area (Å²) in [6.07, 6.45) is 2.05. The Morgan fingerprint density at radius 3 is 2.54 bits per heavy atom. The van der Waals surface area contributed by atoms with Crippen molar-refractivity contribution in [3.63, 3.8) is 0 Å². The van der Waals surface area contributed by atoms with Crippen LogP contribution in [-0.2, 0) is 4.79 Å². The predicted octanol–water partition coefficient (Wildman–Crippen LogP) is 1.16. The zero-order valence-corrected chi connectivity index (χ0v) is 16.2. The molecule has 1 heterocycles. The number of nitrogens with one attached hydrogen (secondary N) is 2. The van der Waals surface area contributed by atoms with Crippen molar-refractivity contribution in [3.8, 4) is 11.5 Å². The number of ether oxygens (including phenoxy) is 2. The Balaban J connectivity index is 1.68. The summed E-state index contributed by atoms with van der Waals surface area (Å²) in [5, 5.41) is 2.89. The van der Waals surface area contributed by atoms with Crippen LogP contribution < -0.4 is 25.4 Å². The molecule has 7 heteroatoms. The van der Waals surface area contributed by atoms with Gasteiger partial charge in [0.25, 0.3) is 5.91 Å². The van der Waals surface area contributed by atoms with Crippen molar-refractivity contribution in [2.75, 3.05) is 32.6 Å². The zero-order valence-electron chi connectivity index (χ0n) is 16.2. The first kappa shape index (κ1) is 19.7. The minimum atomic E-state index is -0.490. The number of likely N-dealkylation sites (tertiary alicyclic amines) is 1. The molecule has 2 aromatic carbocycles. The normalized spacial score (nSPS) is 18.5. The van der Waals surface area contributed by atoms with Gasteiger partial charge >= 0.3 is 0 Å². The number of quaternary nitrogens is 1. The number of nitrogens with two attached hydrogens (primary N) is 1. The first-order chi connectivity index (χ1) is 13.5. The molecule has 2 atom stereocenters. The van der Waals surface area contributed by atoms with E-state index in [2.05, 4.69) is 5.32 Å². The van der Waals surface area contributed by atoms with Crippen LogP contribution in [0, 0.1) is 0 Å². The molecule has 1 aliphatic heterocycles. The average molecular weight is 384 g/mol. The number of carbonyl (C=O) groups is 2. The molecule has 0 aliphatic carbocycles. The summed E-state index contributed by atoms with van der Waals surface area (Å²) in [5.74, 6) is 0.973. The van der Waals surface area contributed by atoms with Gasteiger partial charge in [0.15, 0.2) is 6.54 Å². The monoisotopic (exact) mass is 384 g/mol. The summed E-state index contributed by atoms with van der Waals surface area (Å²) in [6, 6.07) is 12.6. The van der Waals surface area contributed by atoms with Gasteiger partial charge in [-0.15, -0.1) is 0 Å². The van der Waals surface area contributed by atoms with Crippen molar-refractivity contribution in [3.05, 3.63) is 53.6 Å². The van der Waals surface area contributed by atoms with Crippen LogP contribution in [0.25, 0.3) is 0 Å². The Kier molecular flexibility index (Phi) is 6.16. The van der Waals surface area contributed by atoms with E-state index in [0.717, 1.165) is 36.4 Å². The van der Waals surface area contributed by atoms with Crippen molar-refractivity contribution in [2.24, 2.45) is 5.73 Å². The highest BCUT2D eigenvalue weighted by molar-refractivity contribution is 5.95. The fraction of sp³-hybridized carbons (Fsp3) is 0.333. The highest BCUT2D eigenvalue weighted by Crippen LogP contribution is 2.31. The Bertz CT molecular complexity index is 851. The average Bonchev–Trinajstić information content (AvgIpc) is 3.15. The maximum absolute atomic E-state index is 12.5. The molecule has 0 radical (unpaired) electrons. The molecule has 4 N–H and O–H groups in total. The lowest BCUT2D eigenvalue weighted by Crippen LogP contribution is -3.11. The Morgan fingerprint density at radius 1 is 1.14 bits per heavy atom. The highest BCUT2D eigenvalue weighted by atomic mass is 16.5. The first-order valence-corrected chi connectivity index (χ1v) is 9.28. The molecule has 0 spiro atoms. The van der Waals surface area contributed by atoms with E-state index >= 15 is 0 Å². The van der Waals surface area contributed by atoms with Crippen LogP contribution in [0.5, 0.6) is 11.5 Å². The number of primary amides is 1. The summed E-state index contributed by atoms with van der Waals surface area (Å²) in [6.45, 7) is 1.28. The minimum Gasteiger partial charge on any atom is -0.497 e. The molecule has 148 valence electrons. The molecule has 1 saturated heterocycles. The van der Waals surface area contributed by atoms with Crippen molar-refractivity contribution in [2.45, 2.75) is 18.9 Å². The SMILES string of the molecule is COc1ccc([C@H]2CCC[NH+]2CC(=O)Nc2ccc(C(N)=O)cc2)c(OC)c1. The second kappa shape index (κ2) is 8.75. The molecule has 7 nitrogen and oxygen atoms in total. The van der Waals surface area contributed by atoms with E-state index < -0.39 is 5.91 Å². The molecule has 1 unspecified atom stereocenters. The van der Waals surface area contributed by atoms with Crippen LogP contribution in [-0.4, -0.2) is 39.1 Å². The van der Waals surface area contributed by atoms with Gasteiger partial charge in [-0.3, -0.25) is 9.59 Å². The fourth-order valence-electron chi connectivity index (χ4n) is 3.73. The Hall–Kier alpha value is -3.06.